The molecular weight excluding hydrogens is 312 g/mol. The zero-order chi connectivity index (χ0) is 13.5. The molecule has 0 radical (unpaired) electrons. The zero-order valence-corrected chi connectivity index (χ0v) is 13.4. The number of nitrogens with two attached hydrogens (primary N) is 1. The first-order valence-corrected chi connectivity index (χ1v) is 7.67. The summed E-state index contributed by atoms with van der Waals surface area (Å²) in [4.78, 5) is 0. The number of rotatable bonds is 7. The van der Waals surface area contributed by atoms with Crippen LogP contribution in [0.25, 0.3) is 0 Å². The van der Waals surface area contributed by atoms with Gasteiger partial charge in [-0.25, -0.2) is 0 Å². The van der Waals surface area contributed by atoms with E-state index >= 15 is 0 Å². The Morgan fingerprint density at radius 3 is 2.50 bits per heavy atom. The first-order chi connectivity index (χ1) is 8.62. The summed E-state index contributed by atoms with van der Waals surface area (Å²) in [5, 5.41) is 4.29. The quantitative estimate of drug-likeness (QED) is 0.787. The van der Waals surface area contributed by atoms with Crippen LogP contribution < -0.4 is 11.1 Å². The highest BCUT2D eigenvalue weighted by atomic mass is 79.9. The van der Waals surface area contributed by atoms with E-state index in [-0.39, 0.29) is 6.04 Å². The predicted octanol–water partition coefficient (Wildman–Crippen LogP) is 4.13. The Labute approximate surface area is 123 Å². The zero-order valence-electron chi connectivity index (χ0n) is 11.0. The van der Waals surface area contributed by atoms with Gasteiger partial charge in [-0.2, -0.15) is 0 Å². The third-order valence-corrected chi connectivity index (χ3v) is 4.30. The molecule has 2 nitrogen and oxygen atoms in total. The Balaban J connectivity index is 2.71. The largest absolute Gasteiger partial charge is 0.329 e. The molecule has 1 atom stereocenters. The Bertz CT molecular complexity index is 367. The van der Waals surface area contributed by atoms with Crippen LogP contribution in [0.15, 0.2) is 22.7 Å². The summed E-state index contributed by atoms with van der Waals surface area (Å²) >= 11 is 9.51. The average molecular weight is 334 g/mol. The molecule has 0 aliphatic carbocycles. The average Bonchev–Trinajstić information content (AvgIpc) is 2.36. The molecule has 1 rings (SSSR count). The minimum absolute atomic E-state index is 0.178. The number of benzene rings is 1. The molecule has 1 unspecified atom stereocenters. The summed E-state index contributed by atoms with van der Waals surface area (Å²) in [6.45, 7) is 6.04. The van der Waals surface area contributed by atoms with Gasteiger partial charge in [0.1, 0.15) is 0 Å². The molecule has 0 saturated heterocycles. The Morgan fingerprint density at radius 2 is 2.00 bits per heavy atom. The highest BCUT2D eigenvalue weighted by molar-refractivity contribution is 9.10. The Hall–Kier alpha value is -0.0900. The van der Waals surface area contributed by atoms with Crippen LogP contribution in [0.3, 0.4) is 0 Å². The van der Waals surface area contributed by atoms with E-state index in [1.165, 1.54) is 18.4 Å². The smallest absolute Gasteiger partial charge is 0.0455 e. The van der Waals surface area contributed by atoms with Crippen LogP contribution in [0.5, 0.6) is 0 Å². The van der Waals surface area contributed by atoms with Crippen molar-refractivity contribution < 1.29 is 0 Å². The van der Waals surface area contributed by atoms with E-state index in [0.717, 1.165) is 16.0 Å². The maximum atomic E-state index is 5.96. The second-order valence-electron chi connectivity index (χ2n) is 4.54. The number of hydrogen-bond acceptors (Lipinski definition) is 2. The van der Waals surface area contributed by atoms with Gasteiger partial charge in [-0.05, 0) is 30.2 Å². The van der Waals surface area contributed by atoms with Crippen molar-refractivity contribution in [2.45, 2.75) is 32.7 Å². The van der Waals surface area contributed by atoms with E-state index in [1.54, 1.807) is 0 Å². The van der Waals surface area contributed by atoms with E-state index in [0.29, 0.717) is 12.5 Å². The number of halogens is 2. The molecule has 0 spiro atoms. The summed E-state index contributed by atoms with van der Waals surface area (Å²) < 4.78 is 1.02. The molecule has 3 N–H and O–H groups in total. The molecule has 1 aromatic rings. The topological polar surface area (TPSA) is 38.0 Å². The lowest BCUT2D eigenvalue weighted by Crippen LogP contribution is -2.32. The van der Waals surface area contributed by atoms with Gasteiger partial charge >= 0.3 is 0 Å². The molecule has 4 heteroatoms. The fraction of sp³-hybridized carbons (Fsp3) is 0.571. The third-order valence-electron chi connectivity index (χ3n) is 3.38. The Morgan fingerprint density at radius 1 is 1.33 bits per heavy atom. The van der Waals surface area contributed by atoms with E-state index in [2.05, 4.69) is 35.1 Å². The van der Waals surface area contributed by atoms with Crippen molar-refractivity contribution in [3.8, 4) is 0 Å². The second-order valence-corrected chi connectivity index (χ2v) is 5.84. The molecule has 0 bridgehead atoms. The molecule has 0 aromatic heterocycles. The van der Waals surface area contributed by atoms with Crippen molar-refractivity contribution in [2.75, 3.05) is 13.1 Å². The van der Waals surface area contributed by atoms with Crippen LogP contribution in [-0.2, 0) is 0 Å². The minimum atomic E-state index is 0.178. The van der Waals surface area contributed by atoms with Gasteiger partial charge in [0.05, 0.1) is 0 Å². The third kappa shape index (κ3) is 4.54. The van der Waals surface area contributed by atoms with Crippen molar-refractivity contribution in [3.05, 3.63) is 33.3 Å². The van der Waals surface area contributed by atoms with Crippen LogP contribution >= 0.6 is 27.5 Å². The van der Waals surface area contributed by atoms with Gasteiger partial charge < -0.3 is 11.1 Å². The van der Waals surface area contributed by atoms with Gasteiger partial charge in [-0.3, -0.25) is 0 Å². The van der Waals surface area contributed by atoms with Gasteiger partial charge in [-0.15, -0.1) is 0 Å². The lowest BCUT2D eigenvalue weighted by molar-refractivity contribution is 0.413. The van der Waals surface area contributed by atoms with Crippen molar-refractivity contribution in [2.24, 2.45) is 11.7 Å². The Kier molecular flexibility index (Phi) is 7.23. The van der Waals surface area contributed by atoms with Crippen LogP contribution in [0.4, 0.5) is 0 Å². The predicted molar refractivity (Wildman–Crippen MR) is 83.0 cm³/mol. The van der Waals surface area contributed by atoms with Crippen LogP contribution in [0.1, 0.15) is 38.3 Å². The van der Waals surface area contributed by atoms with Gasteiger partial charge in [0.2, 0.25) is 0 Å². The molecule has 102 valence electrons. The van der Waals surface area contributed by atoms with E-state index in [4.69, 9.17) is 17.3 Å². The highest BCUT2D eigenvalue weighted by Crippen LogP contribution is 2.26. The molecular formula is C14H22BrClN2. The minimum Gasteiger partial charge on any atom is -0.329 e. The molecule has 18 heavy (non-hydrogen) atoms. The monoisotopic (exact) mass is 332 g/mol. The first-order valence-electron chi connectivity index (χ1n) is 6.50. The fourth-order valence-corrected chi connectivity index (χ4v) is 2.95. The normalized spacial score (nSPS) is 13.0. The van der Waals surface area contributed by atoms with E-state index < -0.39 is 0 Å². The van der Waals surface area contributed by atoms with Gasteiger partial charge in [-0.1, -0.05) is 60.3 Å². The molecule has 0 aliphatic heterocycles. The summed E-state index contributed by atoms with van der Waals surface area (Å²) in [7, 11) is 0. The molecule has 0 heterocycles. The summed E-state index contributed by atoms with van der Waals surface area (Å²) in [5.41, 5.74) is 7.04. The molecule has 0 amide bonds. The SMILES string of the molecule is CCC(CC)CNC(CN)c1ccc(Cl)cc1Br. The molecule has 0 saturated carbocycles. The lowest BCUT2D eigenvalue weighted by atomic mass is 10.0. The summed E-state index contributed by atoms with van der Waals surface area (Å²) in [6.07, 6.45) is 2.39. The molecule has 1 aromatic carbocycles. The number of nitrogens with one attached hydrogen (secondary N) is 1. The van der Waals surface area contributed by atoms with Gasteiger partial charge in [0, 0.05) is 22.1 Å². The molecule has 0 fully saturated rings. The van der Waals surface area contributed by atoms with Crippen molar-refractivity contribution in [1.29, 1.82) is 0 Å². The van der Waals surface area contributed by atoms with Crippen molar-refractivity contribution in [1.82, 2.24) is 5.32 Å². The summed E-state index contributed by atoms with van der Waals surface area (Å²) in [6, 6.07) is 6.03. The van der Waals surface area contributed by atoms with Crippen LogP contribution in [-0.4, -0.2) is 13.1 Å². The number of hydrogen-bond donors (Lipinski definition) is 2. The highest BCUT2D eigenvalue weighted by Gasteiger charge is 2.14. The summed E-state index contributed by atoms with van der Waals surface area (Å²) in [5.74, 6) is 0.713. The van der Waals surface area contributed by atoms with Crippen molar-refractivity contribution >= 4 is 27.5 Å². The standard InChI is InChI=1S/C14H22BrClN2/c1-3-10(4-2)9-18-14(8-17)12-6-5-11(16)7-13(12)15/h5-7,10,14,18H,3-4,8-9,17H2,1-2H3. The fourth-order valence-electron chi connectivity index (χ4n) is 1.99. The lowest BCUT2D eigenvalue weighted by Gasteiger charge is -2.22. The maximum Gasteiger partial charge on any atom is 0.0455 e. The van der Waals surface area contributed by atoms with E-state index in [9.17, 15) is 0 Å². The van der Waals surface area contributed by atoms with Gasteiger partial charge in [0.15, 0.2) is 0 Å². The van der Waals surface area contributed by atoms with Crippen LogP contribution in [0, 0.1) is 5.92 Å². The molecule has 0 aliphatic rings. The van der Waals surface area contributed by atoms with Gasteiger partial charge in [0.25, 0.3) is 0 Å². The van der Waals surface area contributed by atoms with Crippen molar-refractivity contribution in [3.63, 3.8) is 0 Å². The second kappa shape index (κ2) is 8.16. The first kappa shape index (κ1) is 16.0. The van der Waals surface area contributed by atoms with Crippen LogP contribution in [0.2, 0.25) is 5.02 Å². The van der Waals surface area contributed by atoms with E-state index in [1.807, 2.05) is 18.2 Å². The maximum absolute atomic E-state index is 5.96.